The average molecular weight is 111 g/mol. The Morgan fingerprint density at radius 2 is 2.62 bits per heavy atom. The minimum atomic E-state index is 0.757. The lowest BCUT2D eigenvalue weighted by Gasteiger charge is -1.71. The van der Waals surface area contributed by atoms with Crippen molar-refractivity contribution >= 4 is 6.21 Å². The van der Waals surface area contributed by atoms with E-state index in [1.807, 2.05) is 0 Å². The van der Waals surface area contributed by atoms with Gasteiger partial charge in [-0.2, -0.15) is 0 Å². The quantitative estimate of drug-likeness (QED) is 0.335. The Labute approximate surface area is 46.2 Å². The van der Waals surface area contributed by atoms with Gasteiger partial charge >= 0.3 is 0 Å². The van der Waals surface area contributed by atoms with E-state index >= 15 is 0 Å². The second-order valence-electron chi connectivity index (χ2n) is 1.30. The van der Waals surface area contributed by atoms with Crippen molar-refractivity contribution in [2.24, 2.45) is 5.16 Å². The molecule has 0 radical (unpaired) electrons. The van der Waals surface area contributed by atoms with Gasteiger partial charge in [-0.25, -0.2) is 0 Å². The Bertz CT molecular complexity index is 167. The Hall–Kier alpha value is -1.25. The Balaban J connectivity index is 2.77. The summed E-state index contributed by atoms with van der Waals surface area (Å²) < 4.78 is 4.66. The highest BCUT2D eigenvalue weighted by Gasteiger charge is 1.83. The molecule has 0 saturated heterocycles. The second kappa shape index (κ2) is 2.16. The lowest BCUT2D eigenvalue weighted by atomic mass is 10.4. The van der Waals surface area contributed by atoms with E-state index in [2.05, 4.69) is 9.57 Å². The van der Waals surface area contributed by atoms with Gasteiger partial charge in [0.25, 0.3) is 0 Å². The fourth-order valence-electron chi connectivity index (χ4n) is 0.415. The number of furan rings is 1. The summed E-state index contributed by atoms with van der Waals surface area (Å²) in [6.07, 6.45) is 4.29. The Morgan fingerprint density at radius 1 is 1.75 bits per heavy atom. The molecule has 1 rings (SSSR count). The molecule has 42 valence electrons. The second-order valence-corrected chi connectivity index (χ2v) is 1.30. The molecule has 0 unspecified atom stereocenters. The van der Waals surface area contributed by atoms with Crippen molar-refractivity contribution in [3.63, 3.8) is 0 Å². The van der Waals surface area contributed by atoms with Gasteiger partial charge in [0.2, 0.25) is 0 Å². The molecule has 3 heteroatoms. The van der Waals surface area contributed by atoms with Crippen LogP contribution < -0.4 is 0 Å². The van der Waals surface area contributed by atoms with Crippen molar-refractivity contribution in [1.29, 1.82) is 0 Å². The van der Waals surface area contributed by atoms with Crippen LogP contribution in [0.5, 0.6) is 0 Å². The van der Waals surface area contributed by atoms with Crippen LogP contribution in [0.25, 0.3) is 0 Å². The van der Waals surface area contributed by atoms with Gasteiger partial charge in [0.05, 0.1) is 18.7 Å². The number of oxime groups is 1. The molecule has 0 amide bonds. The molecule has 0 spiro atoms. The molecule has 0 aliphatic carbocycles. The molecule has 0 bridgehead atoms. The fourth-order valence-corrected chi connectivity index (χ4v) is 0.415. The van der Waals surface area contributed by atoms with Gasteiger partial charge in [0.1, 0.15) is 0 Å². The molecule has 8 heavy (non-hydrogen) atoms. The maximum atomic E-state index is 7.97. The van der Waals surface area contributed by atoms with E-state index < -0.39 is 0 Å². The van der Waals surface area contributed by atoms with Gasteiger partial charge in [-0.05, 0) is 6.07 Å². The zero-order chi connectivity index (χ0) is 5.82. The predicted molar refractivity (Wildman–Crippen MR) is 28.1 cm³/mol. The minimum Gasteiger partial charge on any atom is -0.472 e. The number of rotatable bonds is 1. The van der Waals surface area contributed by atoms with Gasteiger partial charge in [0, 0.05) is 5.56 Å². The van der Waals surface area contributed by atoms with E-state index in [0.29, 0.717) is 0 Å². The third kappa shape index (κ3) is 0.872. The highest BCUT2D eigenvalue weighted by Crippen LogP contribution is 1.93. The molecule has 0 aliphatic heterocycles. The summed E-state index contributed by atoms with van der Waals surface area (Å²) in [7, 11) is 0. The third-order valence-corrected chi connectivity index (χ3v) is 0.750. The van der Waals surface area contributed by atoms with Crippen LogP contribution in [-0.2, 0) is 0 Å². The van der Waals surface area contributed by atoms with E-state index in [0.717, 1.165) is 5.56 Å². The molecular weight excluding hydrogens is 106 g/mol. The number of nitrogens with zero attached hydrogens (tertiary/aromatic N) is 1. The van der Waals surface area contributed by atoms with Gasteiger partial charge in [0.15, 0.2) is 0 Å². The normalized spacial score (nSPS) is 10.5. The van der Waals surface area contributed by atoms with Crippen molar-refractivity contribution in [1.82, 2.24) is 0 Å². The summed E-state index contributed by atoms with van der Waals surface area (Å²) in [6.45, 7) is 0. The van der Waals surface area contributed by atoms with Gasteiger partial charge in [-0.3, -0.25) is 0 Å². The van der Waals surface area contributed by atoms with Crippen molar-refractivity contribution < 1.29 is 9.62 Å². The molecule has 0 aliphatic rings. The summed E-state index contributed by atoms with van der Waals surface area (Å²) in [5.74, 6) is 0. The van der Waals surface area contributed by atoms with Gasteiger partial charge in [-0.15, -0.1) is 0 Å². The topological polar surface area (TPSA) is 45.7 Å². The number of hydrogen-bond acceptors (Lipinski definition) is 3. The smallest absolute Gasteiger partial charge is 0.0991 e. The van der Waals surface area contributed by atoms with Crippen LogP contribution in [0, 0.1) is 0 Å². The lowest BCUT2D eigenvalue weighted by molar-refractivity contribution is 0.322. The van der Waals surface area contributed by atoms with Crippen LogP contribution in [0.2, 0.25) is 0 Å². The van der Waals surface area contributed by atoms with E-state index in [-0.39, 0.29) is 0 Å². The van der Waals surface area contributed by atoms with Crippen molar-refractivity contribution in [3.05, 3.63) is 24.2 Å². The van der Waals surface area contributed by atoms with Crippen LogP contribution in [0.15, 0.2) is 28.2 Å². The minimum absolute atomic E-state index is 0.757. The van der Waals surface area contributed by atoms with Crippen LogP contribution in [0.4, 0.5) is 0 Å². The maximum Gasteiger partial charge on any atom is 0.0991 e. The molecule has 0 aromatic carbocycles. The molecule has 0 fully saturated rings. The van der Waals surface area contributed by atoms with Crippen molar-refractivity contribution in [3.8, 4) is 0 Å². The highest BCUT2D eigenvalue weighted by atomic mass is 16.4. The molecule has 3 nitrogen and oxygen atoms in total. The van der Waals surface area contributed by atoms with Crippen LogP contribution in [0.1, 0.15) is 5.56 Å². The standard InChI is InChI=1S/C5H5NO2/c7-6-3-5-1-2-8-4-5/h1-4,7H/b6-3-. The predicted octanol–water partition coefficient (Wildman–Crippen LogP) is 1.09. The Kier molecular flexibility index (Phi) is 1.32. The van der Waals surface area contributed by atoms with Crippen molar-refractivity contribution in [2.75, 3.05) is 0 Å². The van der Waals surface area contributed by atoms with Gasteiger partial charge in [-0.1, -0.05) is 5.16 Å². The SMILES string of the molecule is O/N=C\c1ccoc1. The van der Waals surface area contributed by atoms with Crippen LogP contribution in [0.3, 0.4) is 0 Å². The maximum absolute atomic E-state index is 7.97. The largest absolute Gasteiger partial charge is 0.472 e. The number of hydrogen-bond donors (Lipinski definition) is 1. The van der Waals surface area contributed by atoms with E-state index in [1.165, 1.54) is 18.7 Å². The average Bonchev–Trinajstić information content (AvgIpc) is 2.19. The monoisotopic (exact) mass is 111 g/mol. The highest BCUT2D eigenvalue weighted by molar-refractivity contribution is 5.78. The third-order valence-electron chi connectivity index (χ3n) is 0.750. The van der Waals surface area contributed by atoms with Crippen LogP contribution in [-0.4, -0.2) is 11.4 Å². The summed E-state index contributed by atoms with van der Waals surface area (Å²) in [4.78, 5) is 0. The zero-order valence-electron chi connectivity index (χ0n) is 4.11. The van der Waals surface area contributed by atoms with Crippen molar-refractivity contribution in [2.45, 2.75) is 0 Å². The first-order valence-corrected chi connectivity index (χ1v) is 2.13. The Morgan fingerprint density at radius 3 is 3.12 bits per heavy atom. The molecule has 1 heterocycles. The van der Waals surface area contributed by atoms with E-state index in [9.17, 15) is 0 Å². The lowest BCUT2D eigenvalue weighted by Crippen LogP contribution is -1.70. The molecule has 0 atom stereocenters. The first-order valence-electron chi connectivity index (χ1n) is 2.13. The summed E-state index contributed by atoms with van der Waals surface area (Å²) >= 11 is 0. The summed E-state index contributed by atoms with van der Waals surface area (Å²) in [5, 5.41) is 10.8. The first kappa shape index (κ1) is 4.90. The van der Waals surface area contributed by atoms with Gasteiger partial charge < -0.3 is 9.62 Å². The molecule has 1 aromatic heterocycles. The van der Waals surface area contributed by atoms with Crippen LogP contribution >= 0.6 is 0 Å². The molecule has 0 saturated carbocycles. The summed E-state index contributed by atoms with van der Waals surface area (Å²) in [5.41, 5.74) is 0.757. The van der Waals surface area contributed by atoms with E-state index in [1.54, 1.807) is 6.07 Å². The fraction of sp³-hybridized carbons (Fsp3) is 0. The molecule has 1 aromatic rings. The zero-order valence-corrected chi connectivity index (χ0v) is 4.11. The summed E-state index contributed by atoms with van der Waals surface area (Å²) in [6, 6.07) is 1.69. The first-order chi connectivity index (χ1) is 3.93. The molecular formula is C5H5NO2. The van der Waals surface area contributed by atoms with E-state index in [4.69, 9.17) is 5.21 Å². The molecule has 1 N–H and O–H groups in total.